The first-order chi connectivity index (χ1) is 17.9. The number of benzene rings is 2. The number of hydrogen-bond acceptors (Lipinski definition) is 4. The number of carbonyl (C=O) groups is 2. The SMILES string of the molecule is C[C@@H](CNc1cccc(Cl)c1)NC(=O)C(CC1CCCCC1)NC(=O)c1ccc(-c2cccc(F)c2)o1. The van der Waals surface area contributed by atoms with E-state index >= 15 is 0 Å². The molecule has 6 nitrogen and oxygen atoms in total. The number of rotatable bonds is 10. The van der Waals surface area contributed by atoms with Crippen LogP contribution in [0.3, 0.4) is 0 Å². The fourth-order valence-corrected chi connectivity index (χ4v) is 4.93. The Labute approximate surface area is 222 Å². The second-order valence-corrected chi connectivity index (χ2v) is 10.2. The third-order valence-electron chi connectivity index (χ3n) is 6.68. The van der Waals surface area contributed by atoms with E-state index in [2.05, 4.69) is 16.0 Å². The molecule has 0 bridgehead atoms. The van der Waals surface area contributed by atoms with E-state index in [1.807, 2.05) is 25.1 Å². The molecule has 1 unspecified atom stereocenters. The topological polar surface area (TPSA) is 83.4 Å². The minimum atomic E-state index is -0.688. The molecule has 0 aliphatic heterocycles. The van der Waals surface area contributed by atoms with Gasteiger partial charge in [-0.25, -0.2) is 4.39 Å². The van der Waals surface area contributed by atoms with Crippen LogP contribution in [0.5, 0.6) is 0 Å². The Morgan fingerprint density at radius 2 is 1.81 bits per heavy atom. The van der Waals surface area contributed by atoms with Crippen LogP contribution in [0.4, 0.5) is 10.1 Å². The lowest BCUT2D eigenvalue weighted by Crippen LogP contribution is -2.51. The van der Waals surface area contributed by atoms with Crippen molar-refractivity contribution in [1.29, 1.82) is 0 Å². The monoisotopic (exact) mass is 525 g/mol. The van der Waals surface area contributed by atoms with Gasteiger partial charge in [-0.1, -0.05) is 61.9 Å². The Bertz CT molecular complexity index is 1210. The highest BCUT2D eigenvalue weighted by molar-refractivity contribution is 6.30. The molecule has 1 heterocycles. The van der Waals surface area contributed by atoms with Gasteiger partial charge < -0.3 is 20.4 Å². The maximum absolute atomic E-state index is 13.6. The van der Waals surface area contributed by atoms with Gasteiger partial charge in [0.15, 0.2) is 5.76 Å². The van der Waals surface area contributed by atoms with Gasteiger partial charge in [0.05, 0.1) is 0 Å². The van der Waals surface area contributed by atoms with Crippen LogP contribution < -0.4 is 16.0 Å². The van der Waals surface area contributed by atoms with Crippen molar-refractivity contribution >= 4 is 29.1 Å². The Balaban J connectivity index is 1.40. The molecule has 0 radical (unpaired) electrons. The first-order valence-electron chi connectivity index (χ1n) is 12.8. The van der Waals surface area contributed by atoms with Crippen LogP contribution >= 0.6 is 11.6 Å². The summed E-state index contributed by atoms with van der Waals surface area (Å²) >= 11 is 6.05. The summed E-state index contributed by atoms with van der Waals surface area (Å²) in [7, 11) is 0. The van der Waals surface area contributed by atoms with Crippen molar-refractivity contribution in [2.45, 2.75) is 57.5 Å². The third-order valence-corrected chi connectivity index (χ3v) is 6.92. The standard InChI is InChI=1S/C29H33ClFN3O3/c1-19(18-32-24-12-6-10-22(30)17-24)33-28(35)25(15-20-7-3-2-4-8-20)34-29(36)27-14-13-26(37-27)21-9-5-11-23(31)16-21/h5-6,9-14,16-17,19-20,25,32H,2-4,7-8,15,18H2,1H3,(H,33,35)(H,34,36)/t19-,25?/m0/s1. The lowest BCUT2D eigenvalue weighted by Gasteiger charge is -2.27. The normalized spacial score (nSPS) is 15.5. The molecule has 37 heavy (non-hydrogen) atoms. The van der Waals surface area contributed by atoms with Gasteiger partial charge in [0.25, 0.3) is 5.91 Å². The molecule has 2 amide bonds. The number of halogens is 2. The minimum absolute atomic E-state index is 0.0800. The molecule has 4 rings (SSSR count). The number of carbonyl (C=O) groups excluding carboxylic acids is 2. The Hall–Kier alpha value is -3.32. The highest BCUT2D eigenvalue weighted by Gasteiger charge is 2.28. The van der Waals surface area contributed by atoms with E-state index in [9.17, 15) is 14.0 Å². The maximum Gasteiger partial charge on any atom is 0.287 e. The molecule has 0 saturated heterocycles. The van der Waals surface area contributed by atoms with E-state index in [1.54, 1.807) is 30.3 Å². The zero-order valence-electron chi connectivity index (χ0n) is 20.9. The van der Waals surface area contributed by atoms with Crippen LogP contribution in [-0.2, 0) is 4.79 Å². The number of anilines is 1. The van der Waals surface area contributed by atoms with Crippen molar-refractivity contribution < 1.29 is 18.4 Å². The summed E-state index contributed by atoms with van der Waals surface area (Å²) in [5.41, 5.74) is 1.41. The lowest BCUT2D eigenvalue weighted by molar-refractivity contribution is -0.124. The van der Waals surface area contributed by atoms with Crippen molar-refractivity contribution in [3.8, 4) is 11.3 Å². The summed E-state index contributed by atoms with van der Waals surface area (Å²) in [5.74, 6) is -0.234. The summed E-state index contributed by atoms with van der Waals surface area (Å²) in [4.78, 5) is 26.3. The molecule has 1 aliphatic rings. The van der Waals surface area contributed by atoms with Gasteiger partial charge in [0.2, 0.25) is 5.91 Å². The predicted octanol–water partition coefficient (Wildman–Crippen LogP) is 6.42. The zero-order valence-corrected chi connectivity index (χ0v) is 21.7. The van der Waals surface area contributed by atoms with Crippen LogP contribution in [0.1, 0.15) is 56.0 Å². The molecular formula is C29H33ClFN3O3. The largest absolute Gasteiger partial charge is 0.451 e. The molecule has 1 fully saturated rings. The van der Waals surface area contributed by atoms with Crippen molar-refractivity contribution in [3.63, 3.8) is 0 Å². The van der Waals surface area contributed by atoms with Crippen molar-refractivity contribution in [1.82, 2.24) is 10.6 Å². The Morgan fingerprint density at radius 1 is 1.03 bits per heavy atom. The summed E-state index contributed by atoms with van der Waals surface area (Å²) in [5, 5.41) is 9.82. The van der Waals surface area contributed by atoms with Crippen molar-refractivity contribution in [2.24, 2.45) is 5.92 Å². The summed E-state index contributed by atoms with van der Waals surface area (Å²) in [6.07, 6.45) is 6.17. The number of nitrogens with one attached hydrogen (secondary N) is 3. The highest BCUT2D eigenvalue weighted by atomic mass is 35.5. The first-order valence-corrected chi connectivity index (χ1v) is 13.2. The fraction of sp³-hybridized carbons (Fsp3) is 0.379. The van der Waals surface area contributed by atoms with Gasteiger partial charge in [-0.15, -0.1) is 0 Å². The van der Waals surface area contributed by atoms with Gasteiger partial charge in [-0.05, 0) is 61.7 Å². The second kappa shape index (κ2) is 12.8. The van der Waals surface area contributed by atoms with Crippen LogP contribution in [0.15, 0.2) is 65.1 Å². The van der Waals surface area contributed by atoms with E-state index in [-0.39, 0.29) is 23.5 Å². The molecular weight excluding hydrogens is 493 g/mol. The molecule has 3 N–H and O–H groups in total. The molecule has 1 aromatic heterocycles. The van der Waals surface area contributed by atoms with Crippen LogP contribution in [-0.4, -0.2) is 30.4 Å². The average Bonchev–Trinajstić information content (AvgIpc) is 3.38. The Morgan fingerprint density at radius 3 is 2.57 bits per heavy atom. The van der Waals surface area contributed by atoms with Gasteiger partial charge in [-0.3, -0.25) is 9.59 Å². The van der Waals surface area contributed by atoms with Crippen LogP contribution in [0.25, 0.3) is 11.3 Å². The second-order valence-electron chi connectivity index (χ2n) is 9.74. The lowest BCUT2D eigenvalue weighted by atomic mass is 9.84. The molecule has 2 aromatic carbocycles. The summed E-state index contributed by atoms with van der Waals surface area (Å²) in [6.45, 7) is 2.41. The van der Waals surface area contributed by atoms with Crippen LogP contribution in [0.2, 0.25) is 5.02 Å². The molecule has 1 aliphatic carbocycles. The van der Waals surface area contributed by atoms with E-state index in [4.69, 9.17) is 16.0 Å². The van der Waals surface area contributed by atoms with E-state index < -0.39 is 11.9 Å². The zero-order chi connectivity index (χ0) is 26.2. The molecule has 3 aromatic rings. The van der Waals surface area contributed by atoms with E-state index in [1.165, 1.54) is 18.6 Å². The first kappa shape index (κ1) is 26.7. The smallest absolute Gasteiger partial charge is 0.287 e. The van der Waals surface area contributed by atoms with Gasteiger partial charge >= 0.3 is 0 Å². The number of hydrogen-bond donors (Lipinski definition) is 3. The predicted molar refractivity (Wildman–Crippen MR) is 144 cm³/mol. The molecule has 0 spiro atoms. The summed E-state index contributed by atoms with van der Waals surface area (Å²) < 4.78 is 19.3. The fourth-order valence-electron chi connectivity index (χ4n) is 4.74. The van der Waals surface area contributed by atoms with Crippen molar-refractivity contribution in [3.05, 3.63) is 77.3 Å². The third kappa shape index (κ3) is 7.83. The molecule has 196 valence electrons. The molecule has 8 heteroatoms. The van der Waals surface area contributed by atoms with E-state index in [0.717, 1.165) is 31.4 Å². The quantitative estimate of drug-likeness (QED) is 0.285. The van der Waals surface area contributed by atoms with Crippen LogP contribution in [0, 0.1) is 11.7 Å². The summed E-state index contributed by atoms with van der Waals surface area (Å²) in [6, 6.07) is 15.7. The maximum atomic E-state index is 13.6. The highest BCUT2D eigenvalue weighted by Crippen LogP contribution is 2.28. The minimum Gasteiger partial charge on any atom is -0.451 e. The van der Waals surface area contributed by atoms with Gasteiger partial charge in [0, 0.05) is 28.9 Å². The number of furan rings is 1. The Kier molecular flexibility index (Phi) is 9.23. The number of amides is 2. The molecule has 2 atom stereocenters. The van der Waals surface area contributed by atoms with Gasteiger partial charge in [0.1, 0.15) is 17.6 Å². The average molecular weight is 526 g/mol. The molecule has 1 saturated carbocycles. The van der Waals surface area contributed by atoms with Crippen molar-refractivity contribution in [2.75, 3.05) is 11.9 Å². The van der Waals surface area contributed by atoms with Gasteiger partial charge in [-0.2, -0.15) is 0 Å². The van der Waals surface area contributed by atoms with E-state index in [0.29, 0.717) is 35.2 Å².